The van der Waals surface area contributed by atoms with Crippen molar-refractivity contribution in [3.8, 4) is 0 Å². The van der Waals surface area contributed by atoms with E-state index >= 15 is 0 Å². The molecule has 0 saturated carbocycles. The van der Waals surface area contributed by atoms with Gasteiger partial charge in [0.05, 0.1) is 12.1 Å². The first kappa shape index (κ1) is 23.9. The number of rotatable bonds is 10. The van der Waals surface area contributed by atoms with Crippen molar-refractivity contribution in [2.45, 2.75) is 31.5 Å². The quantitative estimate of drug-likeness (QED) is 0.342. The van der Waals surface area contributed by atoms with Crippen molar-refractivity contribution in [1.82, 2.24) is 24.7 Å². The lowest BCUT2D eigenvalue weighted by atomic mass is 10.00. The zero-order chi connectivity index (χ0) is 24.7. The van der Waals surface area contributed by atoms with Gasteiger partial charge in [-0.3, -0.25) is 0 Å². The molecule has 2 aromatic carbocycles. The van der Waals surface area contributed by atoms with E-state index in [1.807, 2.05) is 12.1 Å². The van der Waals surface area contributed by atoms with Crippen molar-refractivity contribution in [1.29, 1.82) is 0 Å². The number of aromatic carboxylic acids is 1. The van der Waals surface area contributed by atoms with Crippen LogP contribution in [0.2, 0.25) is 0 Å². The van der Waals surface area contributed by atoms with Crippen molar-refractivity contribution in [3.63, 3.8) is 0 Å². The second-order valence-corrected chi connectivity index (χ2v) is 8.96. The van der Waals surface area contributed by atoms with E-state index < -0.39 is 5.97 Å². The molecule has 0 radical (unpaired) electrons. The largest absolute Gasteiger partial charge is 0.545 e. The Bertz CT molecular complexity index is 1230. The Labute approximate surface area is 209 Å². The van der Waals surface area contributed by atoms with Gasteiger partial charge in [-0.25, -0.2) is 4.98 Å². The number of hydrogen-bond acceptors (Lipinski definition) is 8. The summed E-state index contributed by atoms with van der Waals surface area (Å²) in [5.41, 5.74) is 2.70. The molecule has 3 heterocycles. The van der Waals surface area contributed by atoms with Gasteiger partial charge in [-0.1, -0.05) is 60.7 Å². The molecule has 0 aliphatic carbocycles. The minimum atomic E-state index is -1.29. The fourth-order valence-electron chi connectivity index (χ4n) is 4.63. The van der Waals surface area contributed by atoms with Gasteiger partial charge in [-0.2, -0.15) is 0 Å². The lowest BCUT2D eigenvalue weighted by Gasteiger charge is -2.34. The van der Waals surface area contributed by atoms with E-state index in [1.165, 1.54) is 28.2 Å². The minimum Gasteiger partial charge on any atom is -0.545 e. The number of carbonyl (C=O) groups excluding carboxylic acids is 1. The maximum absolute atomic E-state index is 11.5. The molecule has 1 saturated heterocycles. The number of aromatic nitrogens is 4. The number of hydrogen-bond donors (Lipinski definition) is 1. The van der Waals surface area contributed by atoms with Crippen LogP contribution in [-0.4, -0.2) is 63.0 Å². The number of ether oxygens (including phenoxy) is 1. The third-order valence-electron chi connectivity index (χ3n) is 6.51. The topological polar surface area (TPSA) is 108 Å². The summed E-state index contributed by atoms with van der Waals surface area (Å²) in [6, 6.07) is 22.2. The fourth-order valence-corrected chi connectivity index (χ4v) is 4.63. The van der Waals surface area contributed by atoms with Gasteiger partial charge < -0.3 is 24.9 Å². The van der Waals surface area contributed by atoms with Gasteiger partial charge >= 0.3 is 0 Å². The number of benzene rings is 2. The van der Waals surface area contributed by atoms with E-state index in [2.05, 4.69) is 73.9 Å². The van der Waals surface area contributed by atoms with Crippen molar-refractivity contribution < 1.29 is 14.6 Å². The number of piperidine rings is 1. The minimum absolute atomic E-state index is 0.0140. The molecule has 2 aromatic heterocycles. The maximum atomic E-state index is 11.5. The average molecular weight is 486 g/mol. The summed E-state index contributed by atoms with van der Waals surface area (Å²) in [6.07, 6.45) is 4.27. The fraction of sp³-hybridized carbons (Fsp3) is 0.333. The molecule has 1 N–H and O–H groups in total. The SMILES string of the molecule is O=C([O-])c1cc2ncnn2nc1NCCCN1CCC(OC(c2ccccc2)c2ccccc2)CC1. The molecule has 9 heteroatoms. The second-order valence-electron chi connectivity index (χ2n) is 8.96. The molecule has 0 amide bonds. The van der Waals surface area contributed by atoms with Gasteiger partial charge in [0.15, 0.2) is 11.5 Å². The highest BCUT2D eigenvalue weighted by molar-refractivity contribution is 5.92. The van der Waals surface area contributed by atoms with Crippen LogP contribution in [0.3, 0.4) is 0 Å². The highest BCUT2D eigenvalue weighted by Crippen LogP contribution is 2.30. The number of anilines is 1. The number of nitrogens with one attached hydrogen (secondary N) is 1. The summed E-state index contributed by atoms with van der Waals surface area (Å²) in [6.45, 7) is 3.43. The molecule has 5 rings (SSSR count). The number of carboxylic acids is 1. The second kappa shape index (κ2) is 11.3. The van der Waals surface area contributed by atoms with Crippen LogP contribution in [-0.2, 0) is 4.74 Å². The van der Waals surface area contributed by atoms with E-state index in [-0.39, 0.29) is 23.6 Å². The van der Waals surface area contributed by atoms with Crippen LogP contribution >= 0.6 is 0 Å². The molecule has 0 unspecified atom stereocenters. The lowest BCUT2D eigenvalue weighted by molar-refractivity contribution is -0.254. The number of carbonyl (C=O) groups is 1. The van der Waals surface area contributed by atoms with Crippen LogP contribution < -0.4 is 10.4 Å². The molecule has 0 spiro atoms. The smallest absolute Gasteiger partial charge is 0.176 e. The van der Waals surface area contributed by atoms with Crippen LogP contribution in [0.4, 0.5) is 5.82 Å². The first-order valence-corrected chi connectivity index (χ1v) is 12.3. The zero-order valence-corrected chi connectivity index (χ0v) is 20.0. The predicted octanol–water partition coefficient (Wildman–Crippen LogP) is 2.56. The van der Waals surface area contributed by atoms with E-state index in [9.17, 15) is 9.90 Å². The third kappa shape index (κ3) is 5.69. The number of likely N-dealkylation sites (tertiary alicyclic amines) is 1. The average Bonchev–Trinajstić information content (AvgIpc) is 3.38. The monoisotopic (exact) mass is 485 g/mol. The Kier molecular flexibility index (Phi) is 7.49. The normalized spacial score (nSPS) is 14.9. The summed E-state index contributed by atoms with van der Waals surface area (Å²) in [4.78, 5) is 17.9. The summed E-state index contributed by atoms with van der Waals surface area (Å²) in [5.74, 6) is -1.05. The molecule has 0 atom stereocenters. The van der Waals surface area contributed by atoms with E-state index in [0.29, 0.717) is 12.2 Å². The van der Waals surface area contributed by atoms with E-state index in [0.717, 1.165) is 38.9 Å². The summed E-state index contributed by atoms with van der Waals surface area (Å²) in [5, 5.41) is 22.8. The molecule has 0 bridgehead atoms. The van der Waals surface area contributed by atoms with Gasteiger partial charge in [0.1, 0.15) is 12.4 Å². The van der Waals surface area contributed by atoms with Crippen LogP contribution in [0.5, 0.6) is 0 Å². The standard InChI is InChI=1S/C27H30N6O3/c34-27(35)23-18-24-29-19-30-33(24)31-26(23)28-14-7-15-32-16-12-22(13-17-32)36-25(20-8-3-1-4-9-20)21-10-5-2-6-11-21/h1-6,8-11,18-19,22,25H,7,12-17H2,(H,28,31)(H,34,35)/p-1. The van der Waals surface area contributed by atoms with E-state index in [1.54, 1.807) is 0 Å². The van der Waals surface area contributed by atoms with Crippen LogP contribution in [0, 0.1) is 0 Å². The first-order valence-electron chi connectivity index (χ1n) is 12.3. The van der Waals surface area contributed by atoms with Crippen molar-refractivity contribution in [2.24, 2.45) is 0 Å². The molecular formula is C27H29N6O3-. The van der Waals surface area contributed by atoms with E-state index in [4.69, 9.17) is 4.74 Å². The van der Waals surface area contributed by atoms with Gasteiger partial charge in [0, 0.05) is 25.2 Å². The Morgan fingerprint density at radius 1 is 1.06 bits per heavy atom. The molecule has 186 valence electrons. The van der Waals surface area contributed by atoms with Crippen molar-refractivity contribution in [2.75, 3.05) is 31.5 Å². The zero-order valence-electron chi connectivity index (χ0n) is 20.0. The maximum Gasteiger partial charge on any atom is 0.176 e. The first-order chi connectivity index (χ1) is 17.7. The van der Waals surface area contributed by atoms with Crippen molar-refractivity contribution in [3.05, 3.63) is 89.7 Å². The molecular weight excluding hydrogens is 456 g/mol. The van der Waals surface area contributed by atoms with Gasteiger partial charge in [-0.15, -0.1) is 14.8 Å². The van der Waals surface area contributed by atoms with Crippen LogP contribution in [0.1, 0.15) is 46.9 Å². The predicted molar refractivity (Wildman–Crippen MR) is 133 cm³/mol. The summed E-state index contributed by atoms with van der Waals surface area (Å²) in [7, 11) is 0. The molecule has 1 aliphatic rings. The van der Waals surface area contributed by atoms with Gasteiger partial charge in [0.25, 0.3) is 0 Å². The number of fused-ring (bicyclic) bond motifs is 1. The number of nitrogens with zero attached hydrogens (tertiary/aromatic N) is 5. The highest BCUT2D eigenvalue weighted by atomic mass is 16.5. The Morgan fingerprint density at radius 3 is 2.36 bits per heavy atom. The molecule has 9 nitrogen and oxygen atoms in total. The summed E-state index contributed by atoms with van der Waals surface area (Å²) < 4.78 is 7.94. The molecule has 36 heavy (non-hydrogen) atoms. The lowest BCUT2D eigenvalue weighted by Crippen LogP contribution is -2.38. The van der Waals surface area contributed by atoms with Crippen LogP contribution in [0.15, 0.2) is 73.1 Å². The Hall–Kier alpha value is -3.82. The molecule has 1 aliphatic heterocycles. The summed E-state index contributed by atoms with van der Waals surface area (Å²) >= 11 is 0. The Balaban J connectivity index is 1.11. The third-order valence-corrected chi connectivity index (χ3v) is 6.51. The highest BCUT2D eigenvalue weighted by Gasteiger charge is 2.24. The van der Waals surface area contributed by atoms with Gasteiger partial charge in [-0.05, 0) is 43.0 Å². The van der Waals surface area contributed by atoms with Crippen LogP contribution in [0.25, 0.3) is 5.65 Å². The van der Waals surface area contributed by atoms with Gasteiger partial charge in [0.2, 0.25) is 0 Å². The van der Waals surface area contributed by atoms with Crippen molar-refractivity contribution >= 4 is 17.4 Å². The Morgan fingerprint density at radius 2 is 1.72 bits per heavy atom. The number of carboxylic acid groups (broad SMARTS) is 1. The molecule has 4 aromatic rings. The molecule has 1 fully saturated rings.